The quantitative estimate of drug-likeness (QED) is 0.856. The van der Waals surface area contributed by atoms with Gasteiger partial charge in [0.1, 0.15) is 5.82 Å². The first-order chi connectivity index (χ1) is 11.8. The predicted molar refractivity (Wildman–Crippen MR) is 89.7 cm³/mol. The molecule has 8 nitrogen and oxygen atoms in total. The number of anilines is 2. The second-order valence-electron chi connectivity index (χ2n) is 5.77. The highest BCUT2D eigenvalue weighted by atomic mass is 16.5. The third-order valence-electron chi connectivity index (χ3n) is 4.16. The van der Waals surface area contributed by atoms with Gasteiger partial charge in [-0.2, -0.15) is 5.10 Å². The molecule has 0 spiro atoms. The Morgan fingerprint density at radius 3 is 2.92 bits per heavy atom. The summed E-state index contributed by atoms with van der Waals surface area (Å²) in [6.45, 7) is 2.87. The van der Waals surface area contributed by atoms with Crippen molar-refractivity contribution in [3.63, 3.8) is 0 Å². The normalized spacial score (nSPS) is 15.5. The summed E-state index contributed by atoms with van der Waals surface area (Å²) in [6, 6.07) is 1.81. The van der Waals surface area contributed by atoms with Crippen LogP contribution in [0.2, 0.25) is 0 Å². The minimum atomic E-state index is 0.00189. The lowest BCUT2D eigenvalue weighted by molar-refractivity contribution is -0.120. The Hall–Kier alpha value is -2.48. The molecule has 8 heteroatoms. The number of methoxy groups -OCH3 is 1. The Morgan fingerprint density at radius 1 is 1.38 bits per heavy atom. The number of nitrogens with zero attached hydrogens (tertiary/aromatic N) is 5. The van der Waals surface area contributed by atoms with E-state index in [-0.39, 0.29) is 11.8 Å². The molecule has 128 valence electrons. The molecule has 3 heterocycles. The first-order valence-corrected chi connectivity index (χ1v) is 8.10. The zero-order chi connectivity index (χ0) is 16.8. The summed E-state index contributed by atoms with van der Waals surface area (Å²) in [4.78, 5) is 23.0. The van der Waals surface area contributed by atoms with Gasteiger partial charge < -0.3 is 15.0 Å². The fourth-order valence-corrected chi connectivity index (χ4v) is 2.79. The molecule has 1 aliphatic heterocycles. The second-order valence-corrected chi connectivity index (χ2v) is 5.77. The molecule has 0 bridgehead atoms. The minimum Gasteiger partial charge on any atom is -0.383 e. The van der Waals surface area contributed by atoms with Crippen molar-refractivity contribution in [1.82, 2.24) is 19.7 Å². The van der Waals surface area contributed by atoms with Gasteiger partial charge in [-0.15, -0.1) is 0 Å². The first kappa shape index (κ1) is 16.4. The standard InChI is InChI=1S/C16H22N6O2/c1-24-11-10-22-9-4-14(20-22)19-16(23)13-2-7-21(8-3-13)15-12-17-5-6-18-15/h4-6,9,12-13H,2-3,7-8,10-11H2,1H3,(H,19,20,23). The van der Waals surface area contributed by atoms with E-state index in [0.29, 0.717) is 19.0 Å². The summed E-state index contributed by atoms with van der Waals surface area (Å²) in [7, 11) is 1.65. The number of carbonyl (C=O) groups is 1. The van der Waals surface area contributed by atoms with Crippen LogP contribution >= 0.6 is 0 Å². The number of hydrogen-bond donors (Lipinski definition) is 1. The van der Waals surface area contributed by atoms with Crippen molar-refractivity contribution in [1.29, 1.82) is 0 Å². The van der Waals surface area contributed by atoms with Gasteiger partial charge in [0.25, 0.3) is 0 Å². The van der Waals surface area contributed by atoms with E-state index in [0.717, 1.165) is 31.7 Å². The average molecular weight is 330 g/mol. The molecular formula is C16H22N6O2. The average Bonchev–Trinajstić information content (AvgIpc) is 3.08. The van der Waals surface area contributed by atoms with E-state index in [1.165, 1.54) is 0 Å². The van der Waals surface area contributed by atoms with Gasteiger partial charge in [0, 0.05) is 50.8 Å². The lowest BCUT2D eigenvalue weighted by Gasteiger charge is -2.31. The van der Waals surface area contributed by atoms with Crippen molar-refractivity contribution in [2.45, 2.75) is 19.4 Å². The molecule has 1 aliphatic rings. The summed E-state index contributed by atoms with van der Waals surface area (Å²) in [6.07, 6.45) is 8.54. The molecule has 24 heavy (non-hydrogen) atoms. The number of piperidine rings is 1. The molecule has 0 atom stereocenters. The number of ether oxygens (including phenoxy) is 1. The molecule has 3 rings (SSSR count). The maximum atomic E-state index is 12.4. The predicted octanol–water partition coefficient (Wildman–Crippen LogP) is 1.17. The molecule has 0 saturated carbocycles. The number of hydrogen-bond acceptors (Lipinski definition) is 6. The van der Waals surface area contributed by atoms with Crippen LogP contribution in [0.3, 0.4) is 0 Å². The first-order valence-electron chi connectivity index (χ1n) is 8.10. The van der Waals surface area contributed by atoms with Crippen LogP contribution in [-0.4, -0.2) is 52.5 Å². The van der Waals surface area contributed by atoms with Crippen molar-refractivity contribution in [3.8, 4) is 0 Å². The second kappa shape index (κ2) is 7.87. The van der Waals surface area contributed by atoms with Crippen LogP contribution < -0.4 is 10.2 Å². The summed E-state index contributed by atoms with van der Waals surface area (Å²) < 4.78 is 6.78. The van der Waals surface area contributed by atoms with Gasteiger partial charge >= 0.3 is 0 Å². The van der Waals surface area contributed by atoms with Gasteiger partial charge in [-0.05, 0) is 12.8 Å². The summed E-state index contributed by atoms with van der Waals surface area (Å²) >= 11 is 0. The van der Waals surface area contributed by atoms with Crippen LogP contribution in [0, 0.1) is 5.92 Å². The van der Waals surface area contributed by atoms with Crippen LogP contribution in [0.1, 0.15) is 12.8 Å². The number of rotatable bonds is 6. The number of amides is 1. The highest BCUT2D eigenvalue weighted by Gasteiger charge is 2.26. The molecule has 0 radical (unpaired) electrons. The van der Waals surface area contributed by atoms with Crippen LogP contribution in [0.5, 0.6) is 0 Å². The van der Waals surface area contributed by atoms with E-state index in [4.69, 9.17) is 4.74 Å². The van der Waals surface area contributed by atoms with E-state index in [1.54, 1.807) is 30.4 Å². The summed E-state index contributed by atoms with van der Waals surface area (Å²) in [5.41, 5.74) is 0. The van der Waals surface area contributed by atoms with Crippen LogP contribution in [0.25, 0.3) is 0 Å². The minimum absolute atomic E-state index is 0.00189. The van der Waals surface area contributed by atoms with Gasteiger partial charge in [-0.3, -0.25) is 14.5 Å². The highest BCUT2D eigenvalue weighted by Crippen LogP contribution is 2.22. The molecule has 0 aliphatic carbocycles. The Kier molecular flexibility index (Phi) is 5.37. The van der Waals surface area contributed by atoms with Crippen molar-refractivity contribution < 1.29 is 9.53 Å². The molecule has 1 saturated heterocycles. The van der Waals surface area contributed by atoms with Gasteiger partial charge in [-0.25, -0.2) is 4.98 Å². The number of nitrogens with one attached hydrogen (secondary N) is 1. The maximum absolute atomic E-state index is 12.4. The lowest BCUT2D eigenvalue weighted by atomic mass is 9.96. The van der Waals surface area contributed by atoms with Crippen LogP contribution in [-0.2, 0) is 16.1 Å². The van der Waals surface area contributed by atoms with Gasteiger partial charge in [-0.1, -0.05) is 0 Å². The van der Waals surface area contributed by atoms with Gasteiger partial charge in [0.15, 0.2) is 5.82 Å². The maximum Gasteiger partial charge on any atom is 0.228 e. The Balaban J connectivity index is 1.49. The number of carbonyl (C=O) groups excluding carboxylic acids is 1. The van der Waals surface area contributed by atoms with E-state index >= 15 is 0 Å². The molecule has 2 aromatic rings. The summed E-state index contributed by atoms with van der Waals surface area (Å²) in [5, 5.41) is 7.23. The van der Waals surface area contributed by atoms with E-state index in [9.17, 15) is 4.79 Å². The van der Waals surface area contributed by atoms with Gasteiger partial charge in [0.05, 0.1) is 19.3 Å². The molecular weight excluding hydrogens is 308 g/mol. The largest absolute Gasteiger partial charge is 0.383 e. The SMILES string of the molecule is COCCn1ccc(NC(=O)C2CCN(c3cnccn3)CC2)n1. The molecule has 1 N–H and O–H groups in total. The van der Waals surface area contributed by atoms with Crippen molar-refractivity contribution in [2.75, 3.05) is 37.0 Å². The van der Waals surface area contributed by atoms with Crippen molar-refractivity contribution in [3.05, 3.63) is 30.9 Å². The monoisotopic (exact) mass is 330 g/mol. The van der Waals surface area contributed by atoms with Crippen molar-refractivity contribution in [2.24, 2.45) is 5.92 Å². The zero-order valence-corrected chi connectivity index (χ0v) is 13.8. The van der Waals surface area contributed by atoms with E-state index in [2.05, 4.69) is 25.3 Å². The molecule has 0 aromatic carbocycles. The Bertz CT molecular complexity index is 652. The highest BCUT2D eigenvalue weighted by molar-refractivity contribution is 5.91. The molecule has 1 fully saturated rings. The fraction of sp³-hybridized carbons (Fsp3) is 0.500. The third-order valence-corrected chi connectivity index (χ3v) is 4.16. The number of aromatic nitrogens is 4. The van der Waals surface area contributed by atoms with E-state index in [1.807, 2.05) is 12.3 Å². The van der Waals surface area contributed by atoms with Gasteiger partial charge in [0.2, 0.25) is 5.91 Å². The molecule has 1 amide bonds. The van der Waals surface area contributed by atoms with Crippen LogP contribution in [0.4, 0.5) is 11.6 Å². The fourth-order valence-electron chi connectivity index (χ4n) is 2.79. The third kappa shape index (κ3) is 4.08. The topological polar surface area (TPSA) is 85.2 Å². The Labute approximate surface area is 140 Å². The molecule has 2 aromatic heterocycles. The molecule has 0 unspecified atom stereocenters. The van der Waals surface area contributed by atoms with E-state index < -0.39 is 0 Å². The summed E-state index contributed by atoms with van der Waals surface area (Å²) in [5.74, 6) is 1.49. The lowest BCUT2D eigenvalue weighted by Crippen LogP contribution is -2.38. The Morgan fingerprint density at radius 2 is 2.21 bits per heavy atom. The zero-order valence-electron chi connectivity index (χ0n) is 13.8. The van der Waals surface area contributed by atoms with Crippen LogP contribution in [0.15, 0.2) is 30.9 Å². The smallest absolute Gasteiger partial charge is 0.228 e. The van der Waals surface area contributed by atoms with Crippen molar-refractivity contribution >= 4 is 17.5 Å².